The number of carbonyl (C=O) groups is 1. The average molecular weight is 307 g/mol. The minimum absolute atomic E-state index is 0.362. The normalized spacial score (nSPS) is 16.6. The number of amides is 1. The monoisotopic (exact) mass is 307 g/mol. The summed E-state index contributed by atoms with van der Waals surface area (Å²) in [7, 11) is 0. The molecule has 124 valence electrons. The van der Waals surface area contributed by atoms with Gasteiger partial charge in [-0.15, -0.1) is 0 Å². The number of nitrogens with zero attached hydrogens (tertiary/aromatic N) is 2. The van der Waals surface area contributed by atoms with Gasteiger partial charge in [0.05, 0.1) is 6.33 Å². The Morgan fingerprint density at radius 1 is 1.45 bits per heavy atom. The molecular weight excluding hydrogens is 278 g/mol. The Hall–Kier alpha value is -1.52. The Labute approximate surface area is 133 Å². The maximum Gasteiger partial charge on any atom is 0.407 e. The molecule has 1 fully saturated rings. The van der Waals surface area contributed by atoms with E-state index in [1.807, 2.05) is 33.3 Å². The molecule has 5 nitrogen and oxygen atoms in total. The standard InChI is InChI=1S/C17H29N3O2/c1-13(2)17(7-8-17)11-20-12-18-10-14(20)6-9-19-15(21)22-16(3,4)5/h10,12-13H,6-9,11H2,1-5H3,(H,19,21). The molecule has 1 aromatic heterocycles. The quantitative estimate of drug-likeness (QED) is 0.876. The number of aromatic nitrogens is 2. The second-order valence-electron chi connectivity index (χ2n) is 7.71. The van der Waals surface area contributed by atoms with Gasteiger partial charge < -0.3 is 14.6 Å². The second-order valence-corrected chi connectivity index (χ2v) is 7.71. The Morgan fingerprint density at radius 3 is 2.68 bits per heavy atom. The molecule has 1 heterocycles. The number of hydrogen-bond acceptors (Lipinski definition) is 3. The third-order valence-electron chi connectivity index (χ3n) is 4.45. The van der Waals surface area contributed by atoms with Crippen molar-refractivity contribution in [3.63, 3.8) is 0 Å². The van der Waals surface area contributed by atoms with Gasteiger partial charge in [-0.3, -0.25) is 0 Å². The van der Waals surface area contributed by atoms with Gasteiger partial charge >= 0.3 is 6.09 Å². The van der Waals surface area contributed by atoms with Crippen LogP contribution in [0, 0.1) is 11.3 Å². The summed E-state index contributed by atoms with van der Waals surface area (Å²) in [4.78, 5) is 15.9. The maximum absolute atomic E-state index is 11.6. The molecule has 1 aliphatic rings. The SMILES string of the molecule is CC(C)C1(Cn2cncc2CCNC(=O)OC(C)(C)C)CC1. The van der Waals surface area contributed by atoms with Gasteiger partial charge in [-0.1, -0.05) is 13.8 Å². The molecule has 1 aromatic rings. The first-order valence-corrected chi connectivity index (χ1v) is 8.18. The summed E-state index contributed by atoms with van der Waals surface area (Å²) in [5.74, 6) is 0.697. The maximum atomic E-state index is 11.6. The van der Waals surface area contributed by atoms with Crippen LogP contribution in [0.3, 0.4) is 0 Å². The van der Waals surface area contributed by atoms with Gasteiger partial charge in [0.1, 0.15) is 5.60 Å². The smallest absolute Gasteiger partial charge is 0.407 e. The van der Waals surface area contributed by atoms with E-state index in [2.05, 4.69) is 28.7 Å². The summed E-state index contributed by atoms with van der Waals surface area (Å²) in [6.45, 7) is 11.8. The number of ether oxygens (including phenoxy) is 1. The van der Waals surface area contributed by atoms with Gasteiger partial charge in [0.15, 0.2) is 0 Å². The Balaban J connectivity index is 1.82. The van der Waals surface area contributed by atoms with E-state index in [1.54, 1.807) is 0 Å². The largest absolute Gasteiger partial charge is 0.444 e. The summed E-state index contributed by atoms with van der Waals surface area (Å²) >= 11 is 0. The van der Waals surface area contributed by atoms with E-state index >= 15 is 0 Å². The molecule has 0 atom stereocenters. The van der Waals surface area contributed by atoms with Crippen molar-refractivity contribution >= 4 is 6.09 Å². The second kappa shape index (κ2) is 6.31. The number of hydrogen-bond donors (Lipinski definition) is 1. The van der Waals surface area contributed by atoms with Crippen LogP contribution in [0.5, 0.6) is 0 Å². The Morgan fingerprint density at radius 2 is 2.14 bits per heavy atom. The lowest BCUT2D eigenvalue weighted by Gasteiger charge is -2.22. The predicted octanol–water partition coefficient (Wildman–Crippen LogP) is 3.39. The highest BCUT2D eigenvalue weighted by Crippen LogP contribution is 2.53. The van der Waals surface area contributed by atoms with Crippen molar-refractivity contribution in [2.45, 2.75) is 66.0 Å². The first-order chi connectivity index (χ1) is 10.2. The van der Waals surface area contributed by atoms with E-state index < -0.39 is 5.60 Å². The number of rotatable bonds is 6. The topological polar surface area (TPSA) is 56.2 Å². The fraction of sp³-hybridized carbons (Fsp3) is 0.765. The van der Waals surface area contributed by atoms with Crippen LogP contribution >= 0.6 is 0 Å². The molecule has 0 unspecified atom stereocenters. The van der Waals surface area contributed by atoms with Crippen molar-refractivity contribution in [3.05, 3.63) is 18.2 Å². The van der Waals surface area contributed by atoms with E-state index in [1.165, 1.54) is 18.5 Å². The van der Waals surface area contributed by atoms with Crippen LogP contribution in [0.15, 0.2) is 12.5 Å². The fourth-order valence-corrected chi connectivity index (χ4v) is 2.72. The van der Waals surface area contributed by atoms with E-state index in [0.717, 1.165) is 13.0 Å². The molecule has 0 radical (unpaired) electrons. The van der Waals surface area contributed by atoms with Crippen LogP contribution in [0.1, 0.15) is 53.2 Å². The molecule has 1 amide bonds. The van der Waals surface area contributed by atoms with Gasteiger partial charge in [-0.2, -0.15) is 0 Å². The van der Waals surface area contributed by atoms with Crippen molar-refractivity contribution in [1.82, 2.24) is 14.9 Å². The molecule has 1 saturated carbocycles. The fourth-order valence-electron chi connectivity index (χ4n) is 2.72. The molecule has 0 aliphatic heterocycles. The molecular formula is C17H29N3O2. The van der Waals surface area contributed by atoms with Crippen LogP contribution in [0.4, 0.5) is 4.79 Å². The minimum atomic E-state index is -0.457. The molecule has 22 heavy (non-hydrogen) atoms. The van der Waals surface area contributed by atoms with Crippen LogP contribution in [-0.2, 0) is 17.7 Å². The third-order valence-corrected chi connectivity index (χ3v) is 4.45. The Bertz CT molecular complexity index is 510. The summed E-state index contributed by atoms with van der Waals surface area (Å²) in [6, 6.07) is 0. The van der Waals surface area contributed by atoms with Crippen molar-refractivity contribution in [3.8, 4) is 0 Å². The summed E-state index contributed by atoms with van der Waals surface area (Å²) in [6.07, 6.45) is 6.82. The van der Waals surface area contributed by atoms with E-state index in [4.69, 9.17) is 4.74 Å². The summed E-state index contributed by atoms with van der Waals surface area (Å²) in [5.41, 5.74) is 1.16. The van der Waals surface area contributed by atoms with Gasteiger partial charge in [0, 0.05) is 31.4 Å². The predicted molar refractivity (Wildman–Crippen MR) is 86.7 cm³/mol. The van der Waals surface area contributed by atoms with Crippen LogP contribution in [0.25, 0.3) is 0 Å². The van der Waals surface area contributed by atoms with Gasteiger partial charge in [-0.25, -0.2) is 9.78 Å². The van der Waals surface area contributed by atoms with Gasteiger partial charge in [-0.05, 0) is 44.9 Å². The molecule has 0 bridgehead atoms. The lowest BCUT2D eigenvalue weighted by Crippen LogP contribution is -2.33. The molecule has 1 aliphatic carbocycles. The zero-order valence-corrected chi connectivity index (χ0v) is 14.5. The van der Waals surface area contributed by atoms with Crippen molar-refractivity contribution in [2.24, 2.45) is 11.3 Å². The highest BCUT2D eigenvalue weighted by molar-refractivity contribution is 5.67. The number of nitrogens with one attached hydrogen (secondary N) is 1. The van der Waals surface area contributed by atoms with Crippen LogP contribution in [-0.4, -0.2) is 27.8 Å². The highest BCUT2D eigenvalue weighted by Gasteiger charge is 2.45. The number of imidazole rings is 1. The highest BCUT2D eigenvalue weighted by atomic mass is 16.6. The van der Waals surface area contributed by atoms with Crippen LogP contribution in [0.2, 0.25) is 0 Å². The lowest BCUT2D eigenvalue weighted by atomic mass is 9.92. The molecule has 0 aromatic carbocycles. The number of alkyl carbamates (subject to hydrolysis) is 1. The van der Waals surface area contributed by atoms with E-state index in [0.29, 0.717) is 17.9 Å². The minimum Gasteiger partial charge on any atom is -0.444 e. The van der Waals surface area contributed by atoms with E-state index in [9.17, 15) is 4.79 Å². The zero-order valence-electron chi connectivity index (χ0n) is 14.5. The lowest BCUT2D eigenvalue weighted by molar-refractivity contribution is 0.0528. The first-order valence-electron chi connectivity index (χ1n) is 8.18. The average Bonchev–Trinajstić information content (AvgIpc) is 3.03. The third kappa shape index (κ3) is 4.49. The molecule has 2 rings (SSSR count). The van der Waals surface area contributed by atoms with Crippen LogP contribution < -0.4 is 5.32 Å². The van der Waals surface area contributed by atoms with Crippen molar-refractivity contribution < 1.29 is 9.53 Å². The van der Waals surface area contributed by atoms with E-state index in [-0.39, 0.29) is 6.09 Å². The van der Waals surface area contributed by atoms with Crippen molar-refractivity contribution in [2.75, 3.05) is 6.54 Å². The molecule has 5 heteroatoms. The number of carbonyl (C=O) groups excluding carboxylic acids is 1. The van der Waals surface area contributed by atoms with Crippen molar-refractivity contribution in [1.29, 1.82) is 0 Å². The summed E-state index contributed by atoms with van der Waals surface area (Å²) in [5, 5.41) is 2.80. The molecule has 1 N–H and O–H groups in total. The Kier molecular flexibility index (Phi) is 4.83. The summed E-state index contributed by atoms with van der Waals surface area (Å²) < 4.78 is 7.48. The zero-order chi connectivity index (χ0) is 16.4. The molecule has 0 spiro atoms. The van der Waals surface area contributed by atoms with Gasteiger partial charge in [0.25, 0.3) is 0 Å². The van der Waals surface area contributed by atoms with Gasteiger partial charge in [0.2, 0.25) is 0 Å². The first kappa shape index (κ1) is 16.8. The molecule has 0 saturated heterocycles.